The second-order valence-corrected chi connectivity index (χ2v) is 9.66. The molecule has 0 aromatic rings. The van der Waals surface area contributed by atoms with Gasteiger partial charge in [0.2, 0.25) is 0 Å². The maximum atomic E-state index is 13.1. The van der Waals surface area contributed by atoms with Crippen molar-refractivity contribution < 1.29 is 19.8 Å². The van der Waals surface area contributed by atoms with Crippen LogP contribution in [0.1, 0.15) is 41.5 Å². The van der Waals surface area contributed by atoms with Gasteiger partial charge in [-0.15, -0.1) is 0 Å². The molecule has 4 aliphatic rings. The first-order valence-electron chi connectivity index (χ1n) is 8.68. The fourth-order valence-corrected chi connectivity index (χ4v) is 5.04. The van der Waals surface area contributed by atoms with Crippen molar-refractivity contribution in [2.75, 3.05) is 0 Å². The summed E-state index contributed by atoms with van der Waals surface area (Å²) in [5.74, 6) is -2.37. The summed E-state index contributed by atoms with van der Waals surface area (Å²) in [5, 5.41) is 23.0. The van der Waals surface area contributed by atoms with Gasteiger partial charge in [-0.05, 0) is 22.8 Å². The van der Waals surface area contributed by atoms with E-state index in [1.807, 2.05) is 53.7 Å². The number of Topliss-reactive ketones (excluding diaryl/α,β-unsaturated/α-hetero) is 1. The topological polar surface area (TPSA) is 74.6 Å². The molecule has 132 valence electrons. The molecule has 0 heterocycles. The zero-order chi connectivity index (χ0) is 18.3. The van der Waals surface area contributed by atoms with Gasteiger partial charge in [-0.3, -0.25) is 9.59 Å². The summed E-state index contributed by atoms with van der Waals surface area (Å²) in [6.45, 7) is 11.0. The molecule has 4 nitrogen and oxygen atoms in total. The summed E-state index contributed by atoms with van der Waals surface area (Å²) in [7, 11) is 0. The maximum absolute atomic E-state index is 13.1. The number of hydrogen-bond donors (Lipinski definition) is 2. The van der Waals surface area contributed by atoms with Gasteiger partial charge in [0, 0.05) is 17.8 Å². The van der Waals surface area contributed by atoms with E-state index in [1.54, 1.807) is 6.08 Å². The van der Waals surface area contributed by atoms with Crippen molar-refractivity contribution in [3.63, 3.8) is 0 Å². The Hall–Kier alpha value is -1.26. The summed E-state index contributed by atoms with van der Waals surface area (Å²) >= 11 is 0. The molecule has 0 aromatic carbocycles. The molecule has 0 amide bonds. The number of hydrogen-bond acceptors (Lipinski definition) is 4. The monoisotopic (exact) mass is 332 g/mol. The number of fused-ring (bicyclic) bond motifs is 1. The molecule has 2 N–H and O–H groups in total. The van der Waals surface area contributed by atoms with Gasteiger partial charge in [0.1, 0.15) is 11.2 Å². The average molecular weight is 332 g/mol. The Morgan fingerprint density at radius 2 is 1.42 bits per heavy atom. The minimum Gasteiger partial charge on any atom is -0.381 e. The first-order valence-corrected chi connectivity index (χ1v) is 8.68. The van der Waals surface area contributed by atoms with E-state index in [1.165, 1.54) is 6.08 Å². The van der Waals surface area contributed by atoms with E-state index in [9.17, 15) is 19.8 Å². The quantitative estimate of drug-likeness (QED) is 0.668. The molecule has 4 rings (SSSR count). The summed E-state index contributed by atoms with van der Waals surface area (Å²) in [5.41, 5.74) is -4.59. The van der Waals surface area contributed by atoms with Crippen molar-refractivity contribution in [1.29, 1.82) is 0 Å². The molecule has 24 heavy (non-hydrogen) atoms. The number of ketones is 2. The van der Waals surface area contributed by atoms with Crippen LogP contribution in [0.25, 0.3) is 0 Å². The van der Waals surface area contributed by atoms with E-state index in [0.717, 1.165) is 0 Å². The third-order valence-electron chi connectivity index (χ3n) is 6.52. The highest BCUT2D eigenvalue weighted by atomic mass is 16.3. The SMILES string of the molecule is CC(C)(C)[C@]1(O)C(=O)C=CC2C1[C@@H]1C=C[C@H]2C(=O)[C@@]1(O)C(C)(C)C. The van der Waals surface area contributed by atoms with Crippen LogP contribution in [0.15, 0.2) is 24.3 Å². The average Bonchev–Trinajstić information content (AvgIpc) is 2.44. The number of allylic oxidation sites excluding steroid dienone is 2. The lowest BCUT2D eigenvalue weighted by Crippen LogP contribution is -2.73. The highest BCUT2D eigenvalue weighted by Gasteiger charge is 2.70. The molecule has 0 radical (unpaired) electrons. The summed E-state index contributed by atoms with van der Waals surface area (Å²) < 4.78 is 0. The number of carbonyl (C=O) groups excluding carboxylic acids is 2. The Labute approximate surface area is 143 Å². The molecule has 2 unspecified atom stereocenters. The lowest BCUT2D eigenvalue weighted by molar-refractivity contribution is -0.212. The van der Waals surface area contributed by atoms with Crippen LogP contribution in [-0.2, 0) is 9.59 Å². The Morgan fingerprint density at radius 3 is 1.92 bits per heavy atom. The van der Waals surface area contributed by atoms with Gasteiger partial charge in [-0.2, -0.15) is 0 Å². The van der Waals surface area contributed by atoms with Gasteiger partial charge in [-0.25, -0.2) is 0 Å². The molecule has 4 heteroatoms. The van der Waals surface area contributed by atoms with Crippen molar-refractivity contribution in [3.8, 4) is 0 Å². The van der Waals surface area contributed by atoms with Gasteiger partial charge in [0.05, 0.1) is 0 Å². The minimum absolute atomic E-state index is 0.195. The molecule has 2 bridgehead atoms. The third kappa shape index (κ3) is 1.81. The second-order valence-electron chi connectivity index (χ2n) is 9.66. The fraction of sp³-hybridized carbons (Fsp3) is 0.700. The highest BCUT2D eigenvalue weighted by Crippen LogP contribution is 2.60. The van der Waals surface area contributed by atoms with E-state index in [4.69, 9.17) is 0 Å². The Kier molecular flexibility index (Phi) is 3.42. The molecule has 0 aliphatic heterocycles. The van der Waals surface area contributed by atoms with Gasteiger partial charge < -0.3 is 10.2 Å². The predicted molar refractivity (Wildman–Crippen MR) is 91.1 cm³/mol. The van der Waals surface area contributed by atoms with Crippen LogP contribution >= 0.6 is 0 Å². The minimum atomic E-state index is -1.61. The Morgan fingerprint density at radius 1 is 0.875 bits per heavy atom. The van der Waals surface area contributed by atoms with Crippen LogP contribution in [0.5, 0.6) is 0 Å². The maximum Gasteiger partial charge on any atom is 0.187 e. The van der Waals surface area contributed by atoms with E-state index < -0.39 is 39.8 Å². The summed E-state index contributed by atoms with van der Waals surface area (Å²) in [6, 6.07) is 0. The van der Waals surface area contributed by atoms with E-state index in [0.29, 0.717) is 0 Å². The third-order valence-corrected chi connectivity index (χ3v) is 6.52. The molecule has 6 atom stereocenters. The summed E-state index contributed by atoms with van der Waals surface area (Å²) in [4.78, 5) is 25.8. The lowest BCUT2D eigenvalue weighted by Gasteiger charge is -2.62. The molecular weight excluding hydrogens is 304 g/mol. The number of rotatable bonds is 0. The van der Waals surface area contributed by atoms with Crippen molar-refractivity contribution in [2.24, 2.45) is 34.5 Å². The molecular formula is C20H28O4. The lowest BCUT2D eigenvalue weighted by atomic mass is 9.43. The highest BCUT2D eigenvalue weighted by molar-refractivity contribution is 6.01. The van der Waals surface area contributed by atoms with Gasteiger partial charge in [0.15, 0.2) is 11.6 Å². The molecule has 1 saturated carbocycles. The number of carbonyl (C=O) groups is 2. The normalized spacial score (nSPS) is 44.8. The second kappa shape index (κ2) is 4.67. The Bertz CT molecular complexity index is 660. The largest absolute Gasteiger partial charge is 0.381 e. The van der Waals surface area contributed by atoms with E-state index in [-0.39, 0.29) is 17.5 Å². The van der Waals surface area contributed by atoms with Gasteiger partial charge in [0.25, 0.3) is 0 Å². The van der Waals surface area contributed by atoms with E-state index >= 15 is 0 Å². The van der Waals surface area contributed by atoms with Gasteiger partial charge in [-0.1, -0.05) is 59.8 Å². The van der Waals surface area contributed by atoms with Crippen LogP contribution in [0.2, 0.25) is 0 Å². The Balaban J connectivity index is 2.25. The fourth-order valence-electron chi connectivity index (χ4n) is 5.04. The predicted octanol–water partition coefficient (Wildman–Crippen LogP) is 2.30. The van der Waals surface area contributed by atoms with Gasteiger partial charge >= 0.3 is 0 Å². The number of aliphatic hydroxyl groups is 2. The zero-order valence-corrected chi connectivity index (χ0v) is 15.3. The molecule has 0 spiro atoms. The van der Waals surface area contributed by atoms with Crippen LogP contribution in [0.3, 0.4) is 0 Å². The molecule has 1 fully saturated rings. The van der Waals surface area contributed by atoms with Crippen LogP contribution in [0.4, 0.5) is 0 Å². The van der Waals surface area contributed by atoms with E-state index in [2.05, 4.69) is 0 Å². The van der Waals surface area contributed by atoms with Crippen molar-refractivity contribution >= 4 is 11.6 Å². The molecule has 0 saturated heterocycles. The van der Waals surface area contributed by atoms with Crippen LogP contribution in [-0.4, -0.2) is 33.0 Å². The summed E-state index contributed by atoms with van der Waals surface area (Å²) in [6.07, 6.45) is 6.87. The van der Waals surface area contributed by atoms with Crippen molar-refractivity contribution in [1.82, 2.24) is 0 Å². The smallest absolute Gasteiger partial charge is 0.187 e. The van der Waals surface area contributed by atoms with Crippen molar-refractivity contribution in [2.45, 2.75) is 52.7 Å². The molecule has 4 aliphatic carbocycles. The molecule has 0 aromatic heterocycles. The zero-order valence-electron chi connectivity index (χ0n) is 15.3. The standard InChI is InChI=1S/C20H28O4/c1-17(2,3)19(23)13-9-7-12(16(19)22)11-8-10-14(21)20(24,15(11)13)18(4,5)6/h7-13,15,23-24H,1-6H3/t11?,12-,13+,15?,19-,20+/m1/s1. The van der Waals surface area contributed by atoms with Crippen LogP contribution < -0.4 is 0 Å². The first-order chi connectivity index (χ1) is 10.8. The van der Waals surface area contributed by atoms with Crippen molar-refractivity contribution in [3.05, 3.63) is 24.3 Å². The first kappa shape index (κ1) is 17.6. The van der Waals surface area contributed by atoms with Crippen LogP contribution in [0, 0.1) is 34.5 Å².